The van der Waals surface area contributed by atoms with Crippen molar-refractivity contribution < 1.29 is 32.3 Å². The van der Waals surface area contributed by atoms with Crippen LogP contribution in [0.4, 0.5) is 13.2 Å². The summed E-state index contributed by atoms with van der Waals surface area (Å²) < 4.78 is 39.1. The number of oxazole rings is 1. The Kier molecular flexibility index (Phi) is 6.42. The zero-order valence-corrected chi connectivity index (χ0v) is 16.4. The summed E-state index contributed by atoms with van der Waals surface area (Å²) >= 11 is 0. The molecule has 11 heteroatoms. The van der Waals surface area contributed by atoms with E-state index in [9.17, 15) is 18.0 Å². The second-order valence-electron chi connectivity index (χ2n) is 6.84. The topological polar surface area (TPSA) is 110 Å². The highest BCUT2D eigenvalue weighted by molar-refractivity contribution is 5.93. The fourth-order valence-corrected chi connectivity index (χ4v) is 2.75. The number of amides is 1. The van der Waals surface area contributed by atoms with Crippen LogP contribution < -0.4 is 5.32 Å². The first kappa shape index (κ1) is 22.1. The van der Waals surface area contributed by atoms with Crippen molar-refractivity contribution in [2.45, 2.75) is 38.4 Å². The normalized spacial score (nSPS) is 13.3. The smallest absolute Gasteiger partial charge is 0.475 e. The standard InChI is InChI=1S/C18H18N4O2.C2HF3O2/c1-12-19-8-9-22(12)15-6-2-13(3-7-15)10-20-18(23)16-17(14-4-5-14)24-11-21-16;3-2(4,5)1(6)7/h2-3,6-9,11,14H,4-5,10H2,1H3,(H,20,23);(H,6,7). The first-order chi connectivity index (χ1) is 14.7. The second kappa shape index (κ2) is 9.02. The van der Waals surface area contributed by atoms with Crippen molar-refractivity contribution in [3.8, 4) is 5.69 Å². The predicted molar refractivity (Wildman–Crippen MR) is 102 cm³/mol. The molecule has 4 rings (SSSR count). The van der Waals surface area contributed by atoms with Crippen LogP contribution in [0.15, 0.2) is 47.5 Å². The number of imidazole rings is 1. The molecule has 0 saturated heterocycles. The number of nitrogens with one attached hydrogen (secondary N) is 1. The molecule has 3 aromatic rings. The van der Waals surface area contributed by atoms with Crippen molar-refractivity contribution in [3.05, 3.63) is 65.9 Å². The maximum atomic E-state index is 12.3. The first-order valence-corrected chi connectivity index (χ1v) is 9.27. The number of carboxylic acids is 1. The molecular formula is C20H19F3N4O4. The van der Waals surface area contributed by atoms with Crippen LogP contribution in [-0.2, 0) is 11.3 Å². The number of aromatic nitrogens is 3. The van der Waals surface area contributed by atoms with E-state index < -0.39 is 12.1 Å². The Hall–Kier alpha value is -3.63. The van der Waals surface area contributed by atoms with Crippen LogP contribution in [0.25, 0.3) is 5.69 Å². The lowest BCUT2D eigenvalue weighted by Crippen LogP contribution is -2.24. The van der Waals surface area contributed by atoms with Crippen molar-refractivity contribution in [1.29, 1.82) is 0 Å². The molecule has 1 aliphatic rings. The Morgan fingerprint density at radius 2 is 1.87 bits per heavy atom. The minimum absolute atomic E-state index is 0.180. The molecule has 2 heterocycles. The predicted octanol–water partition coefficient (Wildman–Crippen LogP) is 3.61. The van der Waals surface area contributed by atoms with Crippen LogP contribution >= 0.6 is 0 Å². The fourth-order valence-electron chi connectivity index (χ4n) is 2.75. The Bertz CT molecular complexity index is 1050. The van der Waals surface area contributed by atoms with Gasteiger partial charge in [-0.15, -0.1) is 0 Å². The highest BCUT2D eigenvalue weighted by Crippen LogP contribution is 2.41. The van der Waals surface area contributed by atoms with Crippen LogP contribution in [0.3, 0.4) is 0 Å². The highest BCUT2D eigenvalue weighted by atomic mass is 19.4. The van der Waals surface area contributed by atoms with Gasteiger partial charge in [0.2, 0.25) is 0 Å². The van der Waals surface area contributed by atoms with Gasteiger partial charge in [-0.2, -0.15) is 13.2 Å². The van der Waals surface area contributed by atoms with Crippen molar-refractivity contribution in [1.82, 2.24) is 19.9 Å². The quantitative estimate of drug-likeness (QED) is 0.632. The fraction of sp³-hybridized carbons (Fsp3) is 0.300. The van der Waals surface area contributed by atoms with E-state index in [4.69, 9.17) is 14.3 Å². The van der Waals surface area contributed by atoms with Crippen molar-refractivity contribution in [2.75, 3.05) is 0 Å². The van der Waals surface area contributed by atoms with E-state index in [2.05, 4.69) is 15.3 Å². The number of aliphatic carboxylic acids is 1. The number of benzene rings is 1. The second-order valence-corrected chi connectivity index (χ2v) is 6.84. The lowest BCUT2D eigenvalue weighted by Gasteiger charge is -2.08. The van der Waals surface area contributed by atoms with Crippen LogP contribution in [0.5, 0.6) is 0 Å². The number of nitrogens with zero attached hydrogens (tertiary/aromatic N) is 3. The van der Waals surface area contributed by atoms with E-state index >= 15 is 0 Å². The molecular weight excluding hydrogens is 417 g/mol. The Morgan fingerprint density at radius 1 is 1.23 bits per heavy atom. The monoisotopic (exact) mass is 436 g/mol. The summed E-state index contributed by atoms with van der Waals surface area (Å²) in [4.78, 5) is 29.5. The summed E-state index contributed by atoms with van der Waals surface area (Å²) in [6.45, 7) is 2.42. The number of aryl methyl sites for hydroxylation is 1. The van der Waals surface area contributed by atoms with E-state index in [0.717, 1.165) is 35.7 Å². The van der Waals surface area contributed by atoms with Gasteiger partial charge >= 0.3 is 12.1 Å². The molecule has 8 nitrogen and oxygen atoms in total. The number of rotatable bonds is 5. The molecule has 0 radical (unpaired) electrons. The zero-order chi connectivity index (χ0) is 22.6. The molecule has 31 heavy (non-hydrogen) atoms. The van der Waals surface area contributed by atoms with E-state index in [1.54, 1.807) is 6.20 Å². The largest absolute Gasteiger partial charge is 0.490 e. The third-order valence-corrected chi connectivity index (χ3v) is 4.49. The van der Waals surface area contributed by atoms with Gasteiger partial charge in [0.1, 0.15) is 11.6 Å². The van der Waals surface area contributed by atoms with Crippen LogP contribution in [0.1, 0.15) is 46.4 Å². The first-order valence-electron chi connectivity index (χ1n) is 9.27. The van der Waals surface area contributed by atoms with E-state index in [-0.39, 0.29) is 5.91 Å². The summed E-state index contributed by atoms with van der Waals surface area (Å²) in [5, 5.41) is 10.0. The third kappa shape index (κ3) is 5.71. The molecule has 164 valence electrons. The molecule has 0 spiro atoms. The molecule has 1 fully saturated rings. The number of carbonyl (C=O) groups excluding carboxylic acids is 1. The summed E-state index contributed by atoms with van der Waals surface area (Å²) in [6, 6.07) is 8.03. The van der Waals surface area contributed by atoms with Crippen LogP contribution in [-0.4, -0.2) is 37.7 Å². The van der Waals surface area contributed by atoms with Gasteiger partial charge < -0.3 is 19.4 Å². The highest BCUT2D eigenvalue weighted by Gasteiger charge is 2.38. The number of hydrogen-bond acceptors (Lipinski definition) is 5. The SMILES string of the molecule is Cc1nccn1-c1ccc(CNC(=O)c2ncoc2C2CC2)cc1.O=C(O)C(F)(F)F. The maximum absolute atomic E-state index is 12.3. The summed E-state index contributed by atoms with van der Waals surface area (Å²) in [5.74, 6) is -0.910. The van der Waals surface area contributed by atoms with Crippen molar-refractivity contribution >= 4 is 11.9 Å². The van der Waals surface area contributed by atoms with Crippen molar-refractivity contribution in [2.24, 2.45) is 0 Å². The minimum atomic E-state index is -5.08. The van der Waals surface area contributed by atoms with Gasteiger partial charge in [0.15, 0.2) is 12.1 Å². The molecule has 0 aliphatic heterocycles. The Morgan fingerprint density at radius 3 is 2.39 bits per heavy atom. The number of halogens is 3. The average molecular weight is 436 g/mol. The number of carboxylic acid groups (broad SMARTS) is 1. The molecule has 2 N–H and O–H groups in total. The van der Waals surface area contributed by atoms with Crippen molar-refractivity contribution in [3.63, 3.8) is 0 Å². The van der Waals surface area contributed by atoms with Crippen LogP contribution in [0.2, 0.25) is 0 Å². The lowest BCUT2D eigenvalue weighted by molar-refractivity contribution is -0.192. The van der Waals surface area contributed by atoms with Crippen LogP contribution in [0, 0.1) is 6.92 Å². The molecule has 1 aromatic carbocycles. The lowest BCUT2D eigenvalue weighted by atomic mass is 10.2. The number of alkyl halides is 3. The maximum Gasteiger partial charge on any atom is 0.490 e. The number of hydrogen-bond donors (Lipinski definition) is 2. The van der Waals surface area contributed by atoms with E-state index in [1.807, 2.05) is 42.0 Å². The molecule has 1 aliphatic carbocycles. The van der Waals surface area contributed by atoms with Gasteiger partial charge in [0.05, 0.1) is 0 Å². The summed E-state index contributed by atoms with van der Waals surface area (Å²) in [7, 11) is 0. The molecule has 2 aromatic heterocycles. The van der Waals surface area contributed by atoms with Gasteiger partial charge in [-0.25, -0.2) is 14.8 Å². The van der Waals surface area contributed by atoms with Gasteiger partial charge in [-0.1, -0.05) is 12.1 Å². The Labute approximate surface area is 174 Å². The molecule has 1 saturated carbocycles. The molecule has 0 bridgehead atoms. The third-order valence-electron chi connectivity index (χ3n) is 4.49. The molecule has 1 amide bonds. The average Bonchev–Trinajstić information content (AvgIpc) is 3.28. The molecule has 0 unspecified atom stereocenters. The van der Waals surface area contributed by atoms with Gasteiger partial charge in [-0.3, -0.25) is 4.79 Å². The summed E-state index contributed by atoms with van der Waals surface area (Å²) in [6.07, 6.45) is 2.12. The van der Waals surface area contributed by atoms with E-state index in [0.29, 0.717) is 18.2 Å². The van der Waals surface area contributed by atoms with Gasteiger partial charge in [-0.05, 0) is 37.5 Å². The van der Waals surface area contributed by atoms with Gasteiger partial charge in [0, 0.05) is 30.5 Å². The minimum Gasteiger partial charge on any atom is -0.475 e. The summed E-state index contributed by atoms with van der Waals surface area (Å²) in [5.41, 5.74) is 2.50. The number of carbonyl (C=O) groups is 2. The molecule has 0 atom stereocenters. The zero-order valence-electron chi connectivity index (χ0n) is 16.4. The Balaban J connectivity index is 0.000000339. The van der Waals surface area contributed by atoms with Gasteiger partial charge in [0.25, 0.3) is 5.91 Å². The van der Waals surface area contributed by atoms with E-state index in [1.165, 1.54) is 6.39 Å².